The van der Waals surface area contributed by atoms with E-state index in [1.54, 1.807) is 0 Å². The largest absolute Gasteiger partial charge is 0.354 e. The molecule has 1 heteroatoms. The average Bonchev–Trinajstić information content (AvgIpc) is 2.66. The summed E-state index contributed by atoms with van der Waals surface area (Å²) in [5.41, 5.74) is 3.64. The number of aryl methyl sites for hydroxylation is 1. The topological polar surface area (TPSA) is 15.8 Å². The molecule has 0 unspecified atom stereocenters. The van der Waals surface area contributed by atoms with Crippen molar-refractivity contribution in [2.75, 3.05) is 0 Å². The molecular formula is C14H12N. The third-order valence-corrected chi connectivity index (χ3v) is 2.89. The Balaban J connectivity index is 2.46. The highest BCUT2D eigenvalue weighted by Crippen LogP contribution is 2.25. The molecule has 0 saturated carbocycles. The van der Waals surface area contributed by atoms with Crippen LogP contribution in [0.1, 0.15) is 12.5 Å². The molecule has 0 aliphatic heterocycles. The van der Waals surface area contributed by atoms with Crippen LogP contribution in [0, 0.1) is 6.07 Å². The Hall–Kier alpha value is -1.76. The Kier molecular flexibility index (Phi) is 1.78. The highest BCUT2D eigenvalue weighted by Gasteiger charge is 2.03. The number of hydrogen-bond acceptors (Lipinski definition) is 0. The number of fused-ring (bicyclic) bond motifs is 3. The van der Waals surface area contributed by atoms with Gasteiger partial charge in [0.15, 0.2) is 0 Å². The number of rotatable bonds is 1. The molecule has 0 bridgehead atoms. The molecule has 0 fully saturated rings. The summed E-state index contributed by atoms with van der Waals surface area (Å²) in [5.74, 6) is 0. The van der Waals surface area contributed by atoms with Gasteiger partial charge in [0.05, 0.1) is 5.52 Å². The summed E-state index contributed by atoms with van der Waals surface area (Å²) in [6, 6.07) is 16.0. The van der Waals surface area contributed by atoms with Crippen LogP contribution in [-0.2, 0) is 6.42 Å². The van der Waals surface area contributed by atoms with E-state index < -0.39 is 0 Å². The smallest absolute Gasteiger partial charge is 0.0545 e. The SMILES string of the molecule is CCc1c[c]c2[nH]c3ccccc3c2c1. The molecule has 0 spiro atoms. The first kappa shape index (κ1) is 8.54. The van der Waals surface area contributed by atoms with Crippen molar-refractivity contribution in [2.24, 2.45) is 0 Å². The zero-order chi connectivity index (χ0) is 10.3. The second kappa shape index (κ2) is 3.13. The lowest BCUT2D eigenvalue weighted by Gasteiger charge is -1.95. The van der Waals surface area contributed by atoms with Crippen molar-refractivity contribution >= 4 is 21.8 Å². The number of benzene rings is 2. The summed E-state index contributed by atoms with van der Waals surface area (Å²) in [5, 5.41) is 2.57. The van der Waals surface area contributed by atoms with Crippen LogP contribution in [0.4, 0.5) is 0 Å². The molecule has 2 aromatic carbocycles. The molecule has 3 aromatic rings. The van der Waals surface area contributed by atoms with Gasteiger partial charge in [-0.2, -0.15) is 0 Å². The van der Waals surface area contributed by atoms with Gasteiger partial charge in [0.1, 0.15) is 0 Å². The Morgan fingerprint density at radius 3 is 2.93 bits per heavy atom. The van der Waals surface area contributed by atoms with Crippen LogP contribution in [0.5, 0.6) is 0 Å². The van der Waals surface area contributed by atoms with E-state index in [0.717, 1.165) is 11.9 Å². The van der Waals surface area contributed by atoms with E-state index in [1.807, 2.05) is 0 Å². The highest BCUT2D eigenvalue weighted by atomic mass is 14.7. The fraction of sp³-hybridized carbons (Fsp3) is 0.143. The molecule has 1 radical (unpaired) electrons. The molecule has 0 atom stereocenters. The van der Waals surface area contributed by atoms with Crippen molar-refractivity contribution in [3.8, 4) is 0 Å². The number of aromatic nitrogens is 1. The third-order valence-electron chi connectivity index (χ3n) is 2.89. The maximum atomic E-state index is 3.37. The second-order valence-electron chi connectivity index (χ2n) is 3.82. The first-order chi connectivity index (χ1) is 7.38. The monoisotopic (exact) mass is 194 g/mol. The van der Waals surface area contributed by atoms with Crippen molar-refractivity contribution in [2.45, 2.75) is 13.3 Å². The highest BCUT2D eigenvalue weighted by molar-refractivity contribution is 6.07. The van der Waals surface area contributed by atoms with Gasteiger partial charge in [-0.1, -0.05) is 25.1 Å². The summed E-state index contributed by atoms with van der Waals surface area (Å²) >= 11 is 0. The van der Waals surface area contributed by atoms with Crippen LogP contribution in [0.15, 0.2) is 36.4 Å². The zero-order valence-electron chi connectivity index (χ0n) is 8.67. The summed E-state index contributed by atoms with van der Waals surface area (Å²) in [6.07, 6.45) is 1.06. The van der Waals surface area contributed by atoms with Gasteiger partial charge in [-0.05, 0) is 30.2 Å². The van der Waals surface area contributed by atoms with Crippen LogP contribution in [0.25, 0.3) is 21.8 Å². The molecule has 0 amide bonds. The molecule has 0 aliphatic rings. The normalized spacial score (nSPS) is 11.3. The van der Waals surface area contributed by atoms with Crippen molar-refractivity contribution in [3.63, 3.8) is 0 Å². The van der Waals surface area contributed by atoms with E-state index in [1.165, 1.54) is 21.9 Å². The number of H-pyrrole nitrogens is 1. The van der Waals surface area contributed by atoms with Gasteiger partial charge >= 0.3 is 0 Å². The summed E-state index contributed by atoms with van der Waals surface area (Å²) in [6.45, 7) is 2.17. The number of aromatic amines is 1. The molecule has 1 aromatic heterocycles. The van der Waals surface area contributed by atoms with Crippen LogP contribution in [0.2, 0.25) is 0 Å². The van der Waals surface area contributed by atoms with Crippen LogP contribution in [-0.4, -0.2) is 4.98 Å². The predicted octanol–water partition coefficient (Wildman–Crippen LogP) is 3.68. The number of nitrogens with one attached hydrogen (secondary N) is 1. The minimum absolute atomic E-state index is 1.06. The molecule has 3 rings (SSSR count). The van der Waals surface area contributed by atoms with E-state index >= 15 is 0 Å². The molecular weight excluding hydrogens is 182 g/mol. The van der Waals surface area contributed by atoms with Gasteiger partial charge in [-0.3, -0.25) is 0 Å². The Morgan fingerprint density at radius 2 is 2.07 bits per heavy atom. The van der Waals surface area contributed by atoms with Gasteiger partial charge in [-0.15, -0.1) is 0 Å². The summed E-state index contributed by atoms with van der Waals surface area (Å²) < 4.78 is 0. The van der Waals surface area contributed by atoms with Crippen LogP contribution < -0.4 is 0 Å². The fourth-order valence-corrected chi connectivity index (χ4v) is 2.02. The van der Waals surface area contributed by atoms with Crippen LogP contribution in [0.3, 0.4) is 0 Å². The van der Waals surface area contributed by atoms with Crippen molar-refractivity contribution in [1.82, 2.24) is 4.98 Å². The Morgan fingerprint density at radius 1 is 1.20 bits per heavy atom. The van der Waals surface area contributed by atoms with E-state index in [4.69, 9.17) is 0 Å². The molecule has 15 heavy (non-hydrogen) atoms. The van der Waals surface area contributed by atoms with E-state index in [2.05, 4.69) is 54.4 Å². The summed E-state index contributed by atoms with van der Waals surface area (Å²) in [4.78, 5) is 3.37. The Labute approximate surface area is 88.7 Å². The first-order valence-corrected chi connectivity index (χ1v) is 5.29. The average molecular weight is 194 g/mol. The lowest BCUT2D eigenvalue weighted by atomic mass is 10.1. The Bertz CT molecular complexity index is 619. The van der Waals surface area contributed by atoms with Gasteiger partial charge in [0.2, 0.25) is 0 Å². The van der Waals surface area contributed by atoms with Crippen LogP contribution >= 0.6 is 0 Å². The second-order valence-corrected chi connectivity index (χ2v) is 3.82. The van der Waals surface area contributed by atoms with E-state index in [0.29, 0.717) is 0 Å². The molecule has 0 saturated heterocycles. The van der Waals surface area contributed by atoms with Gasteiger partial charge in [0.25, 0.3) is 0 Å². The molecule has 1 nitrogen and oxygen atoms in total. The number of para-hydroxylation sites is 1. The van der Waals surface area contributed by atoms with Crippen molar-refractivity contribution in [3.05, 3.63) is 48.0 Å². The summed E-state index contributed by atoms with van der Waals surface area (Å²) in [7, 11) is 0. The van der Waals surface area contributed by atoms with Gasteiger partial charge in [-0.25, -0.2) is 0 Å². The fourth-order valence-electron chi connectivity index (χ4n) is 2.02. The maximum Gasteiger partial charge on any atom is 0.0545 e. The van der Waals surface area contributed by atoms with Gasteiger partial charge in [0, 0.05) is 22.4 Å². The first-order valence-electron chi connectivity index (χ1n) is 5.29. The lowest BCUT2D eigenvalue weighted by Crippen LogP contribution is -1.78. The van der Waals surface area contributed by atoms with Crippen molar-refractivity contribution < 1.29 is 0 Å². The minimum atomic E-state index is 1.06. The third kappa shape index (κ3) is 1.23. The standard InChI is InChI=1S/C14H12N/c1-2-10-7-8-14-12(9-10)11-5-3-4-6-13(11)15-14/h3-7,9,15H,2H2,1H3. The predicted molar refractivity (Wildman–Crippen MR) is 64.0 cm³/mol. The quantitative estimate of drug-likeness (QED) is 0.608. The van der Waals surface area contributed by atoms with E-state index in [9.17, 15) is 0 Å². The zero-order valence-corrected chi connectivity index (χ0v) is 8.67. The van der Waals surface area contributed by atoms with Gasteiger partial charge < -0.3 is 4.98 Å². The molecule has 73 valence electrons. The number of hydrogen-bond donors (Lipinski definition) is 1. The molecule has 1 N–H and O–H groups in total. The minimum Gasteiger partial charge on any atom is -0.354 e. The lowest BCUT2D eigenvalue weighted by molar-refractivity contribution is 1.15. The molecule has 1 heterocycles. The molecule has 0 aliphatic carbocycles. The maximum absolute atomic E-state index is 3.37. The van der Waals surface area contributed by atoms with E-state index in [-0.39, 0.29) is 0 Å². The van der Waals surface area contributed by atoms with Crippen molar-refractivity contribution in [1.29, 1.82) is 0 Å².